The highest BCUT2D eigenvalue weighted by molar-refractivity contribution is 8.14. The number of carbonyl (C=O) groups excluding carboxylic acids is 5. The van der Waals surface area contributed by atoms with E-state index < -0.39 is 35.5 Å². The zero-order valence-electron chi connectivity index (χ0n) is 34.8. The van der Waals surface area contributed by atoms with Crippen molar-refractivity contribution in [1.82, 2.24) is 9.80 Å². The molecule has 2 heterocycles. The first kappa shape index (κ1) is 44.2. The van der Waals surface area contributed by atoms with E-state index in [4.69, 9.17) is 9.47 Å². The van der Waals surface area contributed by atoms with Gasteiger partial charge in [0.2, 0.25) is 5.91 Å². The van der Waals surface area contributed by atoms with Crippen molar-refractivity contribution >= 4 is 40.9 Å². The van der Waals surface area contributed by atoms with Gasteiger partial charge in [-0.1, -0.05) is 182 Å². The zero-order valence-corrected chi connectivity index (χ0v) is 35.6. The Kier molecular flexibility index (Phi) is 15.0. The number of carbonyl (C=O) groups is 5. The number of aliphatic hydroxyl groups is 1. The molecule has 8 rings (SSSR count). The van der Waals surface area contributed by atoms with Gasteiger partial charge in [0.25, 0.3) is 5.91 Å². The van der Waals surface area contributed by atoms with Crippen LogP contribution in [0.3, 0.4) is 0 Å². The van der Waals surface area contributed by atoms with E-state index in [0.717, 1.165) is 61.2 Å². The molecule has 11 heteroatoms. The van der Waals surface area contributed by atoms with Crippen LogP contribution in [0.1, 0.15) is 29.2 Å². The Bertz CT molecular complexity index is 2470. The van der Waals surface area contributed by atoms with E-state index in [1.165, 1.54) is 11.8 Å². The number of aliphatic hydroxyl groups excluding tert-OH is 1. The van der Waals surface area contributed by atoms with Gasteiger partial charge in [-0.05, 0) is 63.8 Å². The maximum atomic E-state index is 13.4. The van der Waals surface area contributed by atoms with E-state index in [1.807, 2.05) is 170 Å². The summed E-state index contributed by atoms with van der Waals surface area (Å²) in [6.45, 7) is 1.73. The van der Waals surface area contributed by atoms with Crippen molar-refractivity contribution in [1.29, 1.82) is 0 Å². The lowest BCUT2D eigenvalue weighted by Gasteiger charge is -2.24. The van der Waals surface area contributed by atoms with Gasteiger partial charge in [-0.25, -0.2) is 19.4 Å². The van der Waals surface area contributed by atoms with Crippen LogP contribution in [0.15, 0.2) is 170 Å². The van der Waals surface area contributed by atoms with Crippen molar-refractivity contribution < 1.29 is 38.6 Å². The SMILES string of the molecule is CC(=O)SC(Cc1ccc(-c2ccccc2)cc1)C(=O)N1C(=O)OC[C@@H]1Cc1ccccc1.O=C1OC[C@H](Cc2ccccc2)N1C(=O)C(O)Cc1ccc(-c2ccccc2)cc1. The third kappa shape index (κ3) is 11.8. The quantitative estimate of drug-likeness (QED) is 0.121. The maximum Gasteiger partial charge on any atom is 0.417 e. The van der Waals surface area contributed by atoms with Crippen LogP contribution >= 0.6 is 11.8 Å². The summed E-state index contributed by atoms with van der Waals surface area (Å²) in [7, 11) is 0. The lowest BCUT2D eigenvalue weighted by atomic mass is 10.0. The van der Waals surface area contributed by atoms with Crippen LogP contribution < -0.4 is 0 Å². The number of hydrogen-bond acceptors (Lipinski definition) is 9. The van der Waals surface area contributed by atoms with Crippen molar-refractivity contribution in [2.75, 3.05) is 13.2 Å². The number of thioether (sulfide) groups is 1. The normalized spacial score (nSPS) is 16.6. The van der Waals surface area contributed by atoms with E-state index in [9.17, 15) is 29.1 Å². The smallest absolute Gasteiger partial charge is 0.417 e. The molecular formula is C52H48N2O8S. The number of ether oxygens (including phenoxy) is 2. The molecule has 63 heavy (non-hydrogen) atoms. The Labute approximate surface area is 371 Å². The molecule has 0 radical (unpaired) electrons. The average Bonchev–Trinajstić information content (AvgIpc) is 3.87. The summed E-state index contributed by atoms with van der Waals surface area (Å²) >= 11 is 0.962. The molecule has 0 bridgehead atoms. The predicted octanol–water partition coefficient (Wildman–Crippen LogP) is 8.98. The Balaban J connectivity index is 0.000000190. The molecule has 2 unspecified atom stereocenters. The maximum absolute atomic E-state index is 13.4. The van der Waals surface area contributed by atoms with E-state index in [0.29, 0.717) is 19.3 Å². The second kappa shape index (κ2) is 21.3. The second-order valence-electron chi connectivity index (χ2n) is 15.4. The van der Waals surface area contributed by atoms with E-state index in [-0.39, 0.29) is 36.7 Å². The molecule has 4 amide bonds. The summed E-state index contributed by atoms with van der Waals surface area (Å²) in [4.78, 5) is 65.1. The van der Waals surface area contributed by atoms with E-state index in [2.05, 4.69) is 0 Å². The molecular weight excluding hydrogens is 813 g/mol. The molecule has 1 N–H and O–H groups in total. The van der Waals surface area contributed by atoms with Gasteiger partial charge < -0.3 is 14.6 Å². The highest BCUT2D eigenvalue weighted by Gasteiger charge is 2.42. The monoisotopic (exact) mass is 860 g/mol. The Morgan fingerprint density at radius 2 is 0.889 bits per heavy atom. The minimum absolute atomic E-state index is 0.135. The van der Waals surface area contributed by atoms with Crippen molar-refractivity contribution in [3.63, 3.8) is 0 Å². The molecule has 0 saturated carbocycles. The highest BCUT2D eigenvalue weighted by atomic mass is 32.2. The van der Waals surface area contributed by atoms with Crippen molar-refractivity contribution in [2.45, 2.75) is 56.0 Å². The Hall–Kier alpha value is -6.82. The van der Waals surface area contributed by atoms with Crippen molar-refractivity contribution in [3.8, 4) is 22.3 Å². The van der Waals surface area contributed by atoms with E-state index in [1.54, 1.807) is 0 Å². The Morgan fingerprint density at radius 3 is 1.30 bits per heavy atom. The number of hydrogen-bond donors (Lipinski definition) is 1. The average molecular weight is 861 g/mol. The summed E-state index contributed by atoms with van der Waals surface area (Å²) in [5, 5.41) is 9.66. The minimum atomic E-state index is -1.31. The summed E-state index contributed by atoms with van der Waals surface area (Å²) in [6.07, 6.45) is -1.15. The van der Waals surface area contributed by atoms with Gasteiger partial charge in [0.15, 0.2) is 5.12 Å². The fourth-order valence-corrected chi connectivity index (χ4v) is 8.57. The number of amides is 4. The number of imide groups is 2. The summed E-state index contributed by atoms with van der Waals surface area (Å²) in [5.41, 5.74) is 8.12. The number of benzene rings is 6. The first-order chi connectivity index (χ1) is 30.6. The van der Waals surface area contributed by atoms with Crippen LogP contribution in [0.4, 0.5) is 9.59 Å². The molecule has 10 nitrogen and oxygen atoms in total. The minimum Gasteiger partial charge on any atom is -0.447 e. The molecule has 2 aliphatic rings. The topological polar surface area (TPSA) is 131 Å². The van der Waals surface area contributed by atoms with Crippen LogP contribution in [0.5, 0.6) is 0 Å². The highest BCUT2D eigenvalue weighted by Crippen LogP contribution is 2.28. The summed E-state index contributed by atoms with van der Waals surface area (Å²) in [5.74, 6) is -1.00. The second-order valence-corrected chi connectivity index (χ2v) is 16.8. The third-order valence-corrected chi connectivity index (χ3v) is 11.9. The first-order valence-electron chi connectivity index (χ1n) is 20.8. The summed E-state index contributed by atoms with van der Waals surface area (Å²) < 4.78 is 10.3. The van der Waals surface area contributed by atoms with Crippen LogP contribution in [-0.2, 0) is 49.5 Å². The number of cyclic esters (lactones) is 2. The third-order valence-electron chi connectivity index (χ3n) is 10.9. The van der Waals surface area contributed by atoms with Gasteiger partial charge in [0.1, 0.15) is 19.3 Å². The molecule has 0 aromatic heterocycles. The molecule has 6 aromatic rings. The van der Waals surface area contributed by atoms with Crippen LogP contribution in [0, 0.1) is 0 Å². The fourth-order valence-electron chi connectivity index (χ4n) is 7.68. The molecule has 4 atom stereocenters. The van der Waals surface area contributed by atoms with Crippen molar-refractivity contribution in [3.05, 3.63) is 192 Å². The lowest BCUT2D eigenvalue weighted by molar-refractivity contribution is -0.138. The number of rotatable bonds is 13. The van der Waals surface area contributed by atoms with Crippen LogP contribution in [0.2, 0.25) is 0 Å². The standard InChI is InChI=1S/C27H25NO4S.C25H23NO4/c1-19(29)33-25(17-21-12-14-23(15-13-21)22-10-6-3-7-11-22)26(30)28-24(18-32-27(28)31)16-20-8-4-2-5-9-20;27-23(16-19-11-13-21(14-12-19)20-9-5-2-6-10-20)24(28)26-22(17-30-25(26)29)15-18-7-3-1-4-8-18/h2-15,24-25H,16-18H2,1H3;1-14,22-23,27H,15-17H2/t24-,25?;22-,23?/m00/s1. The molecule has 2 saturated heterocycles. The van der Waals surface area contributed by atoms with Gasteiger partial charge in [0.05, 0.1) is 17.3 Å². The molecule has 0 aliphatic carbocycles. The predicted molar refractivity (Wildman–Crippen MR) is 243 cm³/mol. The van der Waals surface area contributed by atoms with Crippen LogP contribution in [-0.4, -0.2) is 80.7 Å². The molecule has 2 aliphatic heterocycles. The number of nitrogens with zero attached hydrogens (tertiary/aromatic N) is 2. The first-order valence-corrected chi connectivity index (χ1v) is 21.7. The van der Waals surface area contributed by atoms with Crippen molar-refractivity contribution in [2.24, 2.45) is 0 Å². The molecule has 6 aromatic carbocycles. The Morgan fingerprint density at radius 1 is 0.524 bits per heavy atom. The van der Waals surface area contributed by atoms with Gasteiger partial charge in [-0.2, -0.15) is 0 Å². The van der Waals surface area contributed by atoms with Gasteiger partial charge >= 0.3 is 12.2 Å². The van der Waals surface area contributed by atoms with Gasteiger partial charge in [-0.15, -0.1) is 0 Å². The lowest BCUT2D eigenvalue weighted by Crippen LogP contribution is -2.46. The van der Waals surface area contributed by atoms with Gasteiger partial charge in [-0.3, -0.25) is 14.4 Å². The molecule has 2 fully saturated rings. The molecule has 320 valence electrons. The molecule has 0 spiro atoms. The zero-order chi connectivity index (χ0) is 44.1. The largest absolute Gasteiger partial charge is 0.447 e. The van der Waals surface area contributed by atoms with Gasteiger partial charge in [0, 0.05) is 13.3 Å². The summed E-state index contributed by atoms with van der Waals surface area (Å²) in [6, 6.07) is 54.2. The van der Waals surface area contributed by atoms with Crippen LogP contribution in [0.25, 0.3) is 22.3 Å². The van der Waals surface area contributed by atoms with E-state index >= 15 is 0 Å². The fraction of sp³-hybridized carbons (Fsp3) is 0.212.